The zero-order chi connectivity index (χ0) is 14.9. The number of aliphatic carboxylic acids is 1. The summed E-state index contributed by atoms with van der Waals surface area (Å²) in [5.41, 5.74) is 1.59. The first-order chi connectivity index (χ1) is 9.31. The second-order valence-electron chi connectivity index (χ2n) is 5.43. The summed E-state index contributed by atoms with van der Waals surface area (Å²) in [6, 6.07) is 3.78. The Kier molecular flexibility index (Phi) is 3.52. The molecule has 0 unspecified atom stereocenters. The van der Waals surface area contributed by atoms with Crippen molar-refractivity contribution in [3.05, 3.63) is 23.5 Å². The molecule has 0 spiro atoms. The summed E-state index contributed by atoms with van der Waals surface area (Å²) >= 11 is 0. The van der Waals surface area contributed by atoms with E-state index in [1.165, 1.54) is 4.68 Å². The highest BCUT2D eigenvalue weighted by molar-refractivity contribution is 5.73. The third kappa shape index (κ3) is 2.66. The van der Waals surface area contributed by atoms with Gasteiger partial charge in [-0.05, 0) is 50.3 Å². The predicted molar refractivity (Wildman–Crippen MR) is 71.9 cm³/mol. The molecular formula is C13H17N5O2. The van der Waals surface area contributed by atoms with Crippen LogP contribution in [-0.2, 0) is 11.3 Å². The molecule has 0 aromatic carbocycles. The van der Waals surface area contributed by atoms with Crippen molar-refractivity contribution < 1.29 is 9.90 Å². The van der Waals surface area contributed by atoms with Gasteiger partial charge in [0, 0.05) is 17.0 Å². The lowest BCUT2D eigenvalue weighted by atomic mass is 9.94. The van der Waals surface area contributed by atoms with Crippen LogP contribution >= 0.6 is 0 Å². The van der Waals surface area contributed by atoms with Crippen LogP contribution in [0.4, 0.5) is 0 Å². The van der Waals surface area contributed by atoms with Crippen LogP contribution in [0.15, 0.2) is 12.1 Å². The summed E-state index contributed by atoms with van der Waals surface area (Å²) < 4.78 is 1.51. The van der Waals surface area contributed by atoms with Gasteiger partial charge in [-0.1, -0.05) is 0 Å². The van der Waals surface area contributed by atoms with Gasteiger partial charge >= 0.3 is 5.97 Å². The molecule has 7 nitrogen and oxygen atoms in total. The number of hydrogen-bond acceptors (Lipinski definition) is 5. The average molecular weight is 275 g/mol. The third-order valence-corrected chi connectivity index (χ3v) is 3.12. The van der Waals surface area contributed by atoms with E-state index in [0.717, 1.165) is 17.0 Å². The molecule has 20 heavy (non-hydrogen) atoms. The van der Waals surface area contributed by atoms with E-state index in [1.54, 1.807) is 13.8 Å². The number of aryl methyl sites for hydroxylation is 2. The highest BCUT2D eigenvalue weighted by atomic mass is 16.4. The molecule has 0 bridgehead atoms. The summed E-state index contributed by atoms with van der Waals surface area (Å²) in [5.74, 6) is -0.359. The van der Waals surface area contributed by atoms with Gasteiger partial charge < -0.3 is 5.11 Å². The molecule has 2 aromatic heterocycles. The molecule has 0 amide bonds. The van der Waals surface area contributed by atoms with E-state index in [9.17, 15) is 9.90 Å². The monoisotopic (exact) mass is 275 g/mol. The number of nitrogens with zero attached hydrogens (tertiary/aromatic N) is 5. The van der Waals surface area contributed by atoms with Crippen molar-refractivity contribution in [2.45, 2.75) is 34.2 Å². The first kappa shape index (κ1) is 14.1. The van der Waals surface area contributed by atoms with Crippen molar-refractivity contribution in [2.75, 3.05) is 0 Å². The van der Waals surface area contributed by atoms with Crippen molar-refractivity contribution in [1.29, 1.82) is 0 Å². The number of tetrazole rings is 1. The van der Waals surface area contributed by atoms with E-state index in [-0.39, 0.29) is 6.54 Å². The Hall–Kier alpha value is -2.31. The molecule has 2 aromatic rings. The maximum Gasteiger partial charge on any atom is 0.310 e. The van der Waals surface area contributed by atoms with Crippen LogP contribution in [0.2, 0.25) is 0 Å². The van der Waals surface area contributed by atoms with Gasteiger partial charge in [-0.25, -0.2) is 4.68 Å². The lowest BCUT2D eigenvalue weighted by Crippen LogP contribution is -2.30. The number of carbonyl (C=O) groups is 1. The maximum absolute atomic E-state index is 11.2. The van der Waals surface area contributed by atoms with Crippen molar-refractivity contribution >= 4 is 5.97 Å². The average Bonchev–Trinajstić information content (AvgIpc) is 2.76. The standard InChI is InChI=1S/C13H17N5O2/c1-8-5-6-10(9(2)14-8)11-15-16-17-18(11)7-13(3,4)12(19)20/h5-6H,7H2,1-4H3,(H,19,20). The van der Waals surface area contributed by atoms with Gasteiger partial charge in [-0.2, -0.15) is 0 Å². The van der Waals surface area contributed by atoms with Crippen molar-refractivity contribution in [1.82, 2.24) is 25.2 Å². The summed E-state index contributed by atoms with van der Waals surface area (Å²) in [7, 11) is 0. The highest BCUT2D eigenvalue weighted by Crippen LogP contribution is 2.23. The number of carboxylic acids is 1. The van der Waals surface area contributed by atoms with Crippen LogP contribution in [0, 0.1) is 19.3 Å². The lowest BCUT2D eigenvalue weighted by molar-refractivity contribution is -0.147. The molecule has 0 saturated heterocycles. The molecule has 7 heteroatoms. The van der Waals surface area contributed by atoms with Gasteiger partial charge in [0.05, 0.1) is 12.0 Å². The van der Waals surface area contributed by atoms with Crippen molar-refractivity contribution in [3.63, 3.8) is 0 Å². The molecule has 0 aliphatic heterocycles. The summed E-state index contributed by atoms with van der Waals surface area (Å²) in [5, 5.41) is 20.7. The Morgan fingerprint density at radius 2 is 2.05 bits per heavy atom. The van der Waals surface area contributed by atoms with E-state index in [2.05, 4.69) is 20.5 Å². The molecule has 0 aliphatic rings. The van der Waals surface area contributed by atoms with Crippen LogP contribution in [-0.4, -0.2) is 36.3 Å². The van der Waals surface area contributed by atoms with Crippen LogP contribution in [0.5, 0.6) is 0 Å². The topological polar surface area (TPSA) is 93.8 Å². The Labute approximate surface area is 116 Å². The lowest BCUT2D eigenvalue weighted by Gasteiger charge is -2.19. The largest absolute Gasteiger partial charge is 0.481 e. The third-order valence-electron chi connectivity index (χ3n) is 3.12. The van der Waals surface area contributed by atoms with Crippen LogP contribution in [0.3, 0.4) is 0 Å². The van der Waals surface area contributed by atoms with E-state index >= 15 is 0 Å². The van der Waals surface area contributed by atoms with Gasteiger partial charge in [-0.15, -0.1) is 5.10 Å². The quantitative estimate of drug-likeness (QED) is 0.907. The molecule has 0 radical (unpaired) electrons. The second-order valence-corrected chi connectivity index (χ2v) is 5.43. The molecule has 2 rings (SSSR count). The molecule has 2 heterocycles. The SMILES string of the molecule is Cc1ccc(-c2nnnn2CC(C)(C)C(=O)O)c(C)n1. The zero-order valence-corrected chi connectivity index (χ0v) is 12.0. The van der Waals surface area contributed by atoms with Gasteiger partial charge in [-0.3, -0.25) is 9.78 Å². The number of carboxylic acid groups (broad SMARTS) is 1. The predicted octanol–water partition coefficient (Wildman–Crippen LogP) is 1.46. The maximum atomic E-state index is 11.2. The summed E-state index contributed by atoms with van der Waals surface area (Å²) in [6.07, 6.45) is 0. The van der Waals surface area contributed by atoms with Gasteiger partial charge in [0.1, 0.15) is 0 Å². The minimum absolute atomic E-state index is 0.192. The molecular weight excluding hydrogens is 258 g/mol. The highest BCUT2D eigenvalue weighted by Gasteiger charge is 2.29. The van der Waals surface area contributed by atoms with Crippen LogP contribution < -0.4 is 0 Å². The molecule has 0 aliphatic carbocycles. The van der Waals surface area contributed by atoms with E-state index < -0.39 is 11.4 Å². The number of rotatable bonds is 4. The molecule has 106 valence electrons. The summed E-state index contributed by atoms with van der Waals surface area (Å²) in [6.45, 7) is 7.26. The zero-order valence-electron chi connectivity index (χ0n) is 12.0. The Morgan fingerprint density at radius 1 is 1.35 bits per heavy atom. The van der Waals surface area contributed by atoms with Gasteiger partial charge in [0.2, 0.25) is 0 Å². The Bertz CT molecular complexity index is 648. The fourth-order valence-electron chi connectivity index (χ4n) is 1.87. The normalized spacial score (nSPS) is 11.6. The minimum atomic E-state index is -0.948. The number of aromatic nitrogens is 5. The first-order valence-corrected chi connectivity index (χ1v) is 6.25. The summed E-state index contributed by atoms with van der Waals surface area (Å²) in [4.78, 5) is 15.6. The van der Waals surface area contributed by atoms with E-state index in [4.69, 9.17) is 0 Å². The smallest absolute Gasteiger partial charge is 0.310 e. The van der Waals surface area contributed by atoms with E-state index in [1.807, 2.05) is 26.0 Å². The van der Waals surface area contributed by atoms with Crippen LogP contribution in [0.25, 0.3) is 11.4 Å². The van der Waals surface area contributed by atoms with Gasteiger partial charge in [0.25, 0.3) is 0 Å². The molecule has 1 N–H and O–H groups in total. The van der Waals surface area contributed by atoms with Crippen LogP contribution in [0.1, 0.15) is 25.2 Å². The minimum Gasteiger partial charge on any atom is -0.481 e. The number of hydrogen-bond donors (Lipinski definition) is 1. The fourth-order valence-corrected chi connectivity index (χ4v) is 1.87. The van der Waals surface area contributed by atoms with Crippen molar-refractivity contribution in [3.8, 4) is 11.4 Å². The Balaban J connectivity index is 2.41. The number of pyridine rings is 1. The van der Waals surface area contributed by atoms with E-state index in [0.29, 0.717) is 5.82 Å². The Morgan fingerprint density at radius 3 is 2.65 bits per heavy atom. The molecule has 0 fully saturated rings. The van der Waals surface area contributed by atoms with Gasteiger partial charge in [0.15, 0.2) is 5.82 Å². The second kappa shape index (κ2) is 4.99. The molecule has 0 saturated carbocycles. The fraction of sp³-hybridized carbons (Fsp3) is 0.462. The molecule has 0 atom stereocenters. The van der Waals surface area contributed by atoms with Crippen molar-refractivity contribution in [2.24, 2.45) is 5.41 Å². The first-order valence-electron chi connectivity index (χ1n) is 6.25.